The largest absolute Gasteiger partial charge is 0.295 e. The average Bonchev–Trinajstić information content (AvgIpc) is 2.66. The molecule has 0 radical (unpaired) electrons. The van der Waals surface area contributed by atoms with Gasteiger partial charge < -0.3 is 0 Å². The van der Waals surface area contributed by atoms with E-state index in [-0.39, 0.29) is 16.4 Å². The maximum atomic E-state index is 12.2. The molecule has 1 saturated heterocycles. The van der Waals surface area contributed by atoms with Crippen LogP contribution in [-0.4, -0.2) is 34.6 Å². The number of amides is 1. The van der Waals surface area contributed by atoms with Gasteiger partial charge in [-0.25, -0.2) is 0 Å². The molecule has 8 heteroatoms. The molecule has 1 N–H and O–H groups in total. The number of hydrogen-bond acceptors (Lipinski definition) is 5. The van der Waals surface area contributed by atoms with E-state index >= 15 is 0 Å². The van der Waals surface area contributed by atoms with E-state index in [0.717, 1.165) is 11.8 Å². The van der Waals surface area contributed by atoms with E-state index in [9.17, 15) is 17.8 Å². The van der Waals surface area contributed by atoms with E-state index in [1.807, 2.05) is 0 Å². The van der Waals surface area contributed by atoms with E-state index < -0.39 is 10.1 Å². The number of thioether (sulfide) groups is 1. The fourth-order valence-electron chi connectivity index (χ4n) is 1.76. The van der Waals surface area contributed by atoms with Crippen LogP contribution < -0.4 is 0 Å². The first-order chi connectivity index (χ1) is 9.84. The molecule has 0 atom stereocenters. The Bertz CT molecular complexity index is 752. The summed E-state index contributed by atoms with van der Waals surface area (Å²) < 4.78 is 32.2. The van der Waals surface area contributed by atoms with Crippen molar-refractivity contribution in [3.63, 3.8) is 0 Å². The Morgan fingerprint density at radius 1 is 1.38 bits per heavy atom. The number of carbonyl (C=O) groups is 1. The monoisotopic (exact) mass is 341 g/mol. The van der Waals surface area contributed by atoms with Crippen LogP contribution >= 0.6 is 24.0 Å². The summed E-state index contributed by atoms with van der Waals surface area (Å²) >= 11 is 6.17. The van der Waals surface area contributed by atoms with Crippen molar-refractivity contribution in [3.8, 4) is 0 Å². The van der Waals surface area contributed by atoms with Crippen LogP contribution in [0.25, 0.3) is 6.08 Å². The standard InChI is InChI=1S/C13H11NO4S3/c1-2-7-14-12(15)10(20-13(14)19)8-9-5-3-4-6-11(9)21(16,17)18/h2-6,8H,1,7H2,(H,16,17,18)/b10-8+. The van der Waals surface area contributed by atoms with Crippen LogP contribution in [-0.2, 0) is 14.9 Å². The Morgan fingerprint density at radius 2 is 2.05 bits per heavy atom. The van der Waals surface area contributed by atoms with Crippen molar-refractivity contribution >= 4 is 50.4 Å². The highest BCUT2D eigenvalue weighted by atomic mass is 32.2. The second-order valence-electron chi connectivity index (χ2n) is 4.09. The lowest BCUT2D eigenvalue weighted by Crippen LogP contribution is -2.27. The molecular weight excluding hydrogens is 330 g/mol. The minimum Gasteiger partial charge on any atom is -0.289 e. The predicted octanol–water partition coefficient (Wildman–Crippen LogP) is 2.32. The lowest BCUT2D eigenvalue weighted by molar-refractivity contribution is -0.121. The molecule has 1 fully saturated rings. The Balaban J connectivity index is 2.45. The number of nitrogens with zero attached hydrogens (tertiary/aromatic N) is 1. The maximum absolute atomic E-state index is 12.2. The molecule has 1 aliphatic heterocycles. The fraction of sp³-hybridized carbons (Fsp3) is 0.0769. The van der Waals surface area contributed by atoms with E-state index in [4.69, 9.17) is 12.2 Å². The number of benzene rings is 1. The van der Waals surface area contributed by atoms with E-state index in [2.05, 4.69) is 6.58 Å². The summed E-state index contributed by atoms with van der Waals surface area (Å²) in [5.41, 5.74) is 0.235. The van der Waals surface area contributed by atoms with E-state index in [0.29, 0.717) is 15.8 Å². The zero-order valence-electron chi connectivity index (χ0n) is 10.7. The van der Waals surface area contributed by atoms with Gasteiger partial charge in [-0.3, -0.25) is 14.2 Å². The summed E-state index contributed by atoms with van der Waals surface area (Å²) in [4.78, 5) is 13.6. The van der Waals surface area contributed by atoms with Gasteiger partial charge in [0.25, 0.3) is 16.0 Å². The second kappa shape index (κ2) is 6.10. The lowest BCUT2D eigenvalue weighted by Gasteiger charge is -2.10. The van der Waals surface area contributed by atoms with Gasteiger partial charge in [0.15, 0.2) is 0 Å². The molecule has 0 aliphatic carbocycles. The molecule has 5 nitrogen and oxygen atoms in total. The summed E-state index contributed by atoms with van der Waals surface area (Å²) in [5, 5.41) is 0. The van der Waals surface area contributed by atoms with Crippen LogP contribution in [0.15, 0.2) is 46.7 Å². The summed E-state index contributed by atoms with van der Waals surface area (Å²) in [5.74, 6) is -0.310. The third-order valence-corrected chi connectivity index (χ3v) is 4.97. The van der Waals surface area contributed by atoms with Crippen molar-refractivity contribution < 1.29 is 17.8 Å². The number of hydrogen-bond donors (Lipinski definition) is 1. The van der Waals surface area contributed by atoms with Gasteiger partial charge in [-0.15, -0.1) is 6.58 Å². The van der Waals surface area contributed by atoms with Gasteiger partial charge >= 0.3 is 0 Å². The van der Waals surface area contributed by atoms with E-state index in [1.54, 1.807) is 12.1 Å². The highest BCUT2D eigenvalue weighted by Gasteiger charge is 2.31. The quantitative estimate of drug-likeness (QED) is 0.392. The van der Waals surface area contributed by atoms with Crippen LogP contribution in [0.5, 0.6) is 0 Å². The number of thiocarbonyl (C=S) groups is 1. The topological polar surface area (TPSA) is 74.7 Å². The minimum atomic E-state index is -4.36. The molecular formula is C13H11NO4S3. The second-order valence-corrected chi connectivity index (χ2v) is 7.16. The zero-order chi connectivity index (χ0) is 15.6. The fourth-order valence-corrected chi connectivity index (χ4v) is 3.70. The van der Waals surface area contributed by atoms with Crippen molar-refractivity contribution in [3.05, 3.63) is 47.4 Å². The Hall–Kier alpha value is -1.48. The average molecular weight is 341 g/mol. The van der Waals surface area contributed by atoms with Gasteiger partial charge in [-0.1, -0.05) is 48.3 Å². The maximum Gasteiger partial charge on any atom is 0.295 e. The van der Waals surface area contributed by atoms with Crippen LogP contribution in [0.2, 0.25) is 0 Å². The van der Waals surface area contributed by atoms with Gasteiger partial charge in [-0.05, 0) is 17.7 Å². The molecule has 1 heterocycles. The number of rotatable bonds is 4. The van der Waals surface area contributed by atoms with Crippen molar-refractivity contribution in [2.75, 3.05) is 6.54 Å². The molecule has 1 amide bonds. The van der Waals surface area contributed by atoms with Crippen LogP contribution in [0.1, 0.15) is 5.56 Å². The first-order valence-electron chi connectivity index (χ1n) is 5.77. The molecule has 0 saturated carbocycles. The minimum absolute atomic E-state index is 0.235. The van der Waals surface area contributed by atoms with Crippen LogP contribution in [0, 0.1) is 0 Å². The molecule has 0 bridgehead atoms. The summed E-state index contributed by atoms with van der Waals surface area (Å²) in [6, 6.07) is 5.88. The Morgan fingerprint density at radius 3 is 2.67 bits per heavy atom. The molecule has 21 heavy (non-hydrogen) atoms. The van der Waals surface area contributed by atoms with E-state index in [1.165, 1.54) is 29.2 Å². The van der Waals surface area contributed by atoms with Gasteiger partial charge in [0.1, 0.15) is 9.22 Å². The van der Waals surface area contributed by atoms with Crippen molar-refractivity contribution in [1.82, 2.24) is 4.90 Å². The first kappa shape index (κ1) is 15.9. The molecule has 2 rings (SSSR count). The lowest BCUT2D eigenvalue weighted by atomic mass is 10.2. The van der Waals surface area contributed by atoms with Crippen LogP contribution in [0.4, 0.5) is 0 Å². The molecule has 1 aromatic rings. The molecule has 110 valence electrons. The van der Waals surface area contributed by atoms with Crippen molar-refractivity contribution in [2.45, 2.75) is 4.90 Å². The Kier molecular flexibility index (Phi) is 4.62. The SMILES string of the molecule is C=CCN1C(=O)/C(=C\c2ccccc2S(=O)(=O)O)SC1=S. The summed E-state index contributed by atoms with van der Waals surface area (Å²) in [6.45, 7) is 3.85. The summed E-state index contributed by atoms with van der Waals surface area (Å²) in [6.07, 6.45) is 2.96. The summed E-state index contributed by atoms with van der Waals surface area (Å²) in [7, 11) is -4.36. The van der Waals surface area contributed by atoms with Gasteiger partial charge in [0.05, 0.1) is 4.91 Å². The molecule has 0 aromatic heterocycles. The predicted molar refractivity (Wildman–Crippen MR) is 86.3 cm³/mol. The highest BCUT2D eigenvalue weighted by molar-refractivity contribution is 8.26. The molecule has 0 unspecified atom stereocenters. The normalized spacial score (nSPS) is 17.6. The number of carbonyl (C=O) groups excluding carboxylic acids is 1. The van der Waals surface area contributed by atoms with Gasteiger partial charge in [0, 0.05) is 6.54 Å². The van der Waals surface area contributed by atoms with Crippen molar-refractivity contribution in [1.29, 1.82) is 0 Å². The first-order valence-corrected chi connectivity index (χ1v) is 8.44. The molecule has 1 aromatic carbocycles. The molecule has 1 aliphatic rings. The van der Waals surface area contributed by atoms with Gasteiger partial charge in [0.2, 0.25) is 0 Å². The third-order valence-electron chi connectivity index (χ3n) is 2.67. The zero-order valence-corrected chi connectivity index (χ0v) is 13.2. The van der Waals surface area contributed by atoms with Crippen LogP contribution in [0.3, 0.4) is 0 Å². The Labute approximate surface area is 132 Å². The molecule has 0 spiro atoms. The third kappa shape index (κ3) is 3.41. The highest BCUT2D eigenvalue weighted by Crippen LogP contribution is 2.33. The smallest absolute Gasteiger partial charge is 0.289 e. The van der Waals surface area contributed by atoms with Crippen molar-refractivity contribution in [2.24, 2.45) is 0 Å². The van der Waals surface area contributed by atoms with Gasteiger partial charge in [-0.2, -0.15) is 8.42 Å².